The molecule has 0 aromatic heterocycles. The third-order valence-corrected chi connectivity index (χ3v) is 4.68. The number of ether oxygens (including phenoxy) is 2. The molecule has 1 aromatic rings. The minimum absolute atomic E-state index is 0.565. The van der Waals surface area contributed by atoms with E-state index in [0.717, 1.165) is 44.4 Å². The Balaban J connectivity index is 1.69. The second kappa shape index (κ2) is 10.9. The molecule has 1 heterocycles. The quantitative estimate of drug-likeness (QED) is 0.523. The van der Waals surface area contributed by atoms with Gasteiger partial charge in [0, 0.05) is 39.8 Å². The number of nitrogens with zero attached hydrogens (tertiary/aromatic N) is 2. The molecule has 1 aromatic carbocycles. The summed E-state index contributed by atoms with van der Waals surface area (Å²) in [6, 6.07) is 8.76. The van der Waals surface area contributed by atoms with E-state index in [-0.39, 0.29) is 0 Å². The SMILES string of the molecule is CN=C(NCCc1ccc(OC)cc1)NCC1CCCN1CCOC. The minimum Gasteiger partial charge on any atom is -0.497 e. The fourth-order valence-corrected chi connectivity index (χ4v) is 3.18. The van der Waals surface area contributed by atoms with Crippen molar-refractivity contribution in [2.24, 2.45) is 4.99 Å². The minimum atomic E-state index is 0.565. The summed E-state index contributed by atoms with van der Waals surface area (Å²) in [6.45, 7) is 4.74. The number of methoxy groups -OCH3 is 2. The van der Waals surface area contributed by atoms with E-state index in [0.29, 0.717) is 6.04 Å². The van der Waals surface area contributed by atoms with Gasteiger partial charge in [-0.05, 0) is 43.5 Å². The van der Waals surface area contributed by atoms with E-state index in [4.69, 9.17) is 9.47 Å². The van der Waals surface area contributed by atoms with Crippen LogP contribution in [0.4, 0.5) is 0 Å². The highest BCUT2D eigenvalue weighted by atomic mass is 16.5. The predicted octanol–water partition coefficient (Wildman–Crippen LogP) is 1.51. The predicted molar refractivity (Wildman–Crippen MR) is 103 cm³/mol. The zero-order valence-corrected chi connectivity index (χ0v) is 15.8. The molecule has 1 atom stereocenters. The largest absolute Gasteiger partial charge is 0.497 e. The van der Waals surface area contributed by atoms with E-state index in [1.807, 2.05) is 19.2 Å². The van der Waals surface area contributed by atoms with Crippen molar-refractivity contribution >= 4 is 5.96 Å². The highest BCUT2D eigenvalue weighted by molar-refractivity contribution is 5.79. The molecule has 25 heavy (non-hydrogen) atoms. The van der Waals surface area contributed by atoms with Crippen LogP contribution in [0.5, 0.6) is 5.75 Å². The molecule has 0 bridgehead atoms. The van der Waals surface area contributed by atoms with Gasteiger partial charge in [-0.25, -0.2) is 0 Å². The maximum Gasteiger partial charge on any atom is 0.191 e. The fourth-order valence-electron chi connectivity index (χ4n) is 3.18. The van der Waals surface area contributed by atoms with Crippen molar-refractivity contribution in [2.75, 3.05) is 54.1 Å². The molecular formula is C19H32N4O2. The summed E-state index contributed by atoms with van der Waals surface area (Å²) in [4.78, 5) is 6.83. The zero-order chi connectivity index (χ0) is 17.9. The Kier molecular flexibility index (Phi) is 8.55. The van der Waals surface area contributed by atoms with Crippen molar-refractivity contribution in [3.05, 3.63) is 29.8 Å². The first-order valence-corrected chi connectivity index (χ1v) is 9.07. The highest BCUT2D eigenvalue weighted by Crippen LogP contribution is 2.15. The van der Waals surface area contributed by atoms with Gasteiger partial charge in [-0.15, -0.1) is 0 Å². The number of benzene rings is 1. The van der Waals surface area contributed by atoms with Gasteiger partial charge >= 0.3 is 0 Å². The molecule has 6 heteroatoms. The third kappa shape index (κ3) is 6.55. The third-order valence-electron chi connectivity index (χ3n) is 4.68. The average Bonchev–Trinajstić information content (AvgIpc) is 3.10. The Morgan fingerprint density at radius 1 is 1.24 bits per heavy atom. The summed E-state index contributed by atoms with van der Waals surface area (Å²) in [7, 11) is 5.27. The number of likely N-dealkylation sites (tertiary alicyclic amines) is 1. The Morgan fingerprint density at radius 2 is 2.04 bits per heavy atom. The lowest BCUT2D eigenvalue weighted by Gasteiger charge is -2.25. The first-order chi connectivity index (χ1) is 12.3. The van der Waals surface area contributed by atoms with Gasteiger partial charge in [0.15, 0.2) is 5.96 Å². The average molecular weight is 348 g/mol. The van der Waals surface area contributed by atoms with Gasteiger partial charge < -0.3 is 20.1 Å². The first-order valence-electron chi connectivity index (χ1n) is 9.07. The molecule has 1 aliphatic heterocycles. The van der Waals surface area contributed by atoms with Gasteiger partial charge in [-0.2, -0.15) is 0 Å². The number of nitrogens with one attached hydrogen (secondary N) is 2. The summed E-state index contributed by atoms with van der Waals surface area (Å²) in [6.07, 6.45) is 3.45. The summed E-state index contributed by atoms with van der Waals surface area (Å²) in [5, 5.41) is 6.85. The number of hydrogen-bond donors (Lipinski definition) is 2. The molecule has 1 unspecified atom stereocenters. The Bertz CT molecular complexity index is 519. The van der Waals surface area contributed by atoms with E-state index >= 15 is 0 Å². The molecule has 2 N–H and O–H groups in total. The van der Waals surface area contributed by atoms with Crippen LogP contribution in [-0.2, 0) is 11.2 Å². The Morgan fingerprint density at radius 3 is 2.72 bits per heavy atom. The Labute approximate surface area is 151 Å². The van der Waals surface area contributed by atoms with Crippen molar-refractivity contribution in [3.8, 4) is 5.75 Å². The first kappa shape index (κ1) is 19.5. The number of aliphatic imine (C=N–C) groups is 1. The van der Waals surface area contributed by atoms with Crippen molar-refractivity contribution in [3.63, 3.8) is 0 Å². The smallest absolute Gasteiger partial charge is 0.191 e. The highest BCUT2D eigenvalue weighted by Gasteiger charge is 2.23. The lowest BCUT2D eigenvalue weighted by molar-refractivity contribution is 0.141. The van der Waals surface area contributed by atoms with Crippen LogP contribution in [0.25, 0.3) is 0 Å². The molecule has 0 saturated carbocycles. The van der Waals surface area contributed by atoms with Gasteiger partial charge in [0.2, 0.25) is 0 Å². The monoisotopic (exact) mass is 348 g/mol. The second-order valence-electron chi connectivity index (χ2n) is 6.30. The van der Waals surface area contributed by atoms with Crippen LogP contribution >= 0.6 is 0 Å². The molecule has 2 rings (SSSR count). The lowest BCUT2D eigenvalue weighted by atomic mass is 10.1. The van der Waals surface area contributed by atoms with Crippen LogP contribution in [0.2, 0.25) is 0 Å². The number of hydrogen-bond acceptors (Lipinski definition) is 4. The molecule has 0 aliphatic carbocycles. The maximum atomic E-state index is 5.20. The van der Waals surface area contributed by atoms with Crippen molar-refractivity contribution in [1.82, 2.24) is 15.5 Å². The number of guanidine groups is 1. The standard InChI is InChI=1S/C19H32N4O2/c1-20-19(21-11-10-16-6-8-18(25-3)9-7-16)22-15-17-5-4-12-23(17)13-14-24-2/h6-9,17H,4-5,10-15H2,1-3H3,(H2,20,21,22). The van der Waals surface area contributed by atoms with Gasteiger partial charge in [0.05, 0.1) is 13.7 Å². The van der Waals surface area contributed by atoms with E-state index in [1.54, 1.807) is 14.2 Å². The molecule has 1 saturated heterocycles. The van der Waals surface area contributed by atoms with E-state index < -0.39 is 0 Å². The van der Waals surface area contributed by atoms with E-state index in [9.17, 15) is 0 Å². The van der Waals surface area contributed by atoms with Crippen molar-refractivity contribution in [2.45, 2.75) is 25.3 Å². The summed E-state index contributed by atoms with van der Waals surface area (Å²) in [5.41, 5.74) is 1.28. The maximum absolute atomic E-state index is 5.20. The van der Waals surface area contributed by atoms with Crippen LogP contribution < -0.4 is 15.4 Å². The van der Waals surface area contributed by atoms with Crippen LogP contribution in [0.3, 0.4) is 0 Å². The molecule has 0 radical (unpaired) electrons. The molecule has 6 nitrogen and oxygen atoms in total. The zero-order valence-electron chi connectivity index (χ0n) is 15.8. The molecule has 0 spiro atoms. The molecule has 1 aliphatic rings. The molecular weight excluding hydrogens is 316 g/mol. The molecule has 1 fully saturated rings. The summed E-state index contributed by atoms with van der Waals surface area (Å²) >= 11 is 0. The molecule has 140 valence electrons. The lowest BCUT2D eigenvalue weighted by Crippen LogP contribution is -2.45. The van der Waals surface area contributed by atoms with Crippen LogP contribution in [0.1, 0.15) is 18.4 Å². The van der Waals surface area contributed by atoms with Gasteiger partial charge in [0.1, 0.15) is 5.75 Å². The van der Waals surface area contributed by atoms with Crippen LogP contribution in [0, 0.1) is 0 Å². The summed E-state index contributed by atoms with van der Waals surface area (Å²) < 4.78 is 10.4. The Hall–Kier alpha value is -1.79. The van der Waals surface area contributed by atoms with Gasteiger partial charge in [-0.3, -0.25) is 9.89 Å². The van der Waals surface area contributed by atoms with Gasteiger partial charge in [0.25, 0.3) is 0 Å². The normalized spacial score (nSPS) is 18.4. The van der Waals surface area contributed by atoms with Crippen LogP contribution in [-0.4, -0.2) is 71.0 Å². The topological polar surface area (TPSA) is 58.1 Å². The molecule has 0 amide bonds. The number of rotatable bonds is 9. The fraction of sp³-hybridized carbons (Fsp3) is 0.632. The van der Waals surface area contributed by atoms with Crippen molar-refractivity contribution < 1.29 is 9.47 Å². The van der Waals surface area contributed by atoms with Crippen molar-refractivity contribution in [1.29, 1.82) is 0 Å². The van der Waals surface area contributed by atoms with Crippen LogP contribution in [0.15, 0.2) is 29.3 Å². The van der Waals surface area contributed by atoms with E-state index in [2.05, 4.69) is 32.7 Å². The van der Waals surface area contributed by atoms with E-state index in [1.165, 1.54) is 24.9 Å². The second-order valence-corrected chi connectivity index (χ2v) is 6.30. The van der Waals surface area contributed by atoms with Gasteiger partial charge in [-0.1, -0.05) is 12.1 Å². The summed E-state index contributed by atoms with van der Waals surface area (Å²) in [5.74, 6) is 1.76.